The summed E-state index contributed by atoms with van der Waals surface area (Å²) in [6, 6.07) is 2.76. The fourth-order valence-corrected chi connectivity index (χ4v) is 1.27. The van der Waals surface area contributed by atoms with Gasteiger partial charge >= 0.3 is 0 Å². The van der Waals surface area contributed by atoms with Crippen molar-refractivity contribution in [1.82, 2.24) is 0 Å². The zero-order chi connectivity index (χ0) is 10.7. The summed E-state index contributed by atoms with van der Waals surface area (Å²) in [7, 11) is 1.54. The Balaban J connectivity index is 3.20. The molecule has 0 aromatic heterocycles. The fraction of sp³-hybridized carbons (Fsp3) is 0.400. The molecule has 0 saturated carbocycles. The van der Waals surface area contributed by atoms with Gasteiger partial charge in [-0.15, -0.1) is 0 Å². The van der Waals surface area contributed by atoms with Gasteiger partial charge in [-0.1, -0.05) is 0 Å². The van der Waals surface area contributed by atoms with Crippen molar-refractivity contribution in [3.8, 4) is 11.5 Å². The molecule has 0 heterocycles. The molecule has 0 spiro atoms. The average Bonchev–Trinajstić information content (AvgIpc) is 2.20. The summed E-state index contributed by atoms with van der Waals surface area (Å²) in [4.78, 5) is 0. The van der Waals surface area contributed by atoms with Crippen LogP contribution in [0, 0.1) is 6.92 Å². The zero-order valence-electron chi connectivity index (χ0n) is 8.32. The lowest BCUT2D eigenvalue weighted by Gasteiger charge is -2.14. The molecule has 0 radical (unpaired) electrons. The van der Waals surface area contributed by atoms with Crippen LogP contribution in [0.25, 0.3) is 0 Å². The van der Waals surface area contributed by atoms with Crippen LogP contribution in [-0.4, -0.2) is 23.9 Å². The van der Waals surface area contributed by atoms with Crippen molar-refractivity contribution in [3.05, 3.63) is 23.3 Å². The average molecular weight is 197 g/mol. The number of benzene rings is 1. The van der Waals surface area contributed by atoms with E-state index < -0.39 is 6.04 Å². The highest BCUT2D eigenvalue weighted by Gasteiger charge is 2.13. The third-order valence-corrected chi connectivity index (χ3v) is 2.14. The quantitative estimate of drug-likeness (QED) is 0.666. The predicted octanol–water partition coefficient (Wildman–Crippen LogP) is 0.701. The predicted molar refractivity (Wildman–Crippen MR) is 53.4 cm³/mol. The van der Waals surface area contributed by atoms with Crippen LogP contribution in [0.4, 0.5) is 0 Å². The van der Waals surface area contributed by atoms with E-state index >= 15 is 0 Å². The molecule has 1 aromatic carbocycles. The first-order valence-electron chi connectivity index (χ1n) is 4.34. The number of phenolic OH excluding ortho intramolecular Hbond substituents is 1. The number of aryl methyl sites for hydroxylation is 1. The van der Waals surface area contributed by atoms with E-state index in [1.165, 1.54) is 0 Å². The van der Waals surface area contributed by atoms with Crippen LogP contribution in [0.1, 0.15) is 17.2 Å². The van der Waals surface area contributed by atoms with Crippen LogP contribution in [0.2, 0.25) is 0 Å². The fourth-order valence-electron chi connectivity index (χ4n) is 1.27. The number of rotatable bonds is 3. The second-order valence-corrected chi connectivity index (χ2v) is 3.17. The second kappa shape index (κ2) is 4.30. The minimum atomic E-state index is -0.580. The van der Waals surface area contributed by atoms with E-state index in [1.54, 1.807) is 26.2 Å². The van der Waals surface area contributed by atoms with Gasteiger partial charge in [0, 0.05) is 5.56 Å². The molecule has 0 unspecified atom stereocenters. The van der Waals surface area contributed by atoms with Gasteiger partial charge in [-0.05, 0) is 24.6 Å². The molecule has 0 saturated heterocycles. The number of ether oxygens (including phenoxy) is 1. The number of aliphatic hydroxyl groups is 1. The SMILES string of the molecule is COc1cc(C)c(O)c([C@H](N)CO)c1. The Bertz CT molecular complexity index is 325. The van der Waals surface area contributed by atoms with Crippen LogP contribution in [0.15, 0.2) is 12.1 Å². The lowest BCUT2D eigenvalue weighted by Crippen LogP contribution is -2.15. The maximum absolute atomic E-state index is 9.67. The molecule has 0 amide bonds. The van der Waals surface area contributed by atoms with Crippen molar-refractivity contribution in [2.75, 3.05) is 13.7 Å². The first-order valence-corrected chi connectivity index (χ1v) is 4.34. The van der Waals surface area contributed by atoms with Crippen LogP contribution in [-0.2, 0) is 0 Å². The summed E-state index contributed by atoms with van der Waals surface area (Å²) in [5.41, 5.74) is 6.81. The Morgan fingerprint density at radius 2 is 2.14 bits per heavy atom. The third-order valence-electron chi connectivity index (χ3n) is 2.14. The summed E-state index contributed by atoms with van der Waals surface area (Å²) in [5, 5.41) is 18.6. The summed E-state index contributed by atoms with van der Waals surface area (Å²) in [5.74, 6) is 0.742. The second-order valence-electron chi connectivity index (χ2n) is 3.17. The van der Waals surface area contributed by atoms with E-state index in [0.29, 0.717) is 16.9 Å². The largest absolute Gasteiger partial charge is 0.507 e. The van der Waals surface area contributed by atoms with E-state index in [9.17, 15) is 5.11 Å². The smallest absolute Gasteiger partial charge is 0.123 e. The number of hydrogen-bond acceptors (Lipinski definition) is 4. The van der Waals surface area contributed by atoms with Gasteiger partial charge in [0.1, 0.15) is 11.5 Å². The summed E-state index contributed by atoms with van der Waals surface area (Å²) < 4.78 is 5.04. The van der Waals surface area contributed by atoms with Crippen molar-refractivity contribution in [2.24, 2.45) is 5.73 Å². The molecule has 0 bridgehead atoms. The van der Waals surface area contributed by atoms with Crippen molar-refractivity contribution in [3.63, 3.8) is 0 Å². The van der Waals surface area contributed by atoms with E-state index in [1.807, 2.05) is 0 Å². The Morgan fingerprint density at radius 3 is 2.64 bits per heavy atom. The van der Waals surface area contributed by atoms with Crippen molar-refractivity contribution in [2.45, 2.75) is 13.0 Å². The molecule has 1 aromatic rings. The Labute approximate surface area is 82.9 Å². The van der Waals surface area contributed by atoms with Gasteiger partial charge in [0.2, 0.25) is 0 Å². The first-order chi connectivity index (χ1) is 6.60. The minimum Gasteiger partial charge on any atom is -0.507 e. The maximum atomic E-state index is 9.67. The van der Waals surface area contributed by atoms with Gasteiger partial charge in [0.25, 0.3) is 0 Å². The van der Waals surface area contributed by atoms with E-state index in [2.05, 4.69) is 0 Å². The molecule has 0 aliphatic carbocycles. The Kier molecular flexibility index (Phi) is 3.33. The molecule has 4 N–H and O–H groups in total. The first kappa shape index (κ1) is 10.8. The van der Waals surface area contributed by atoms with Gasteiger partial charge in [-0.25, -0.2) is 0 Å². The molecule has 1 atom stereocenters. The molecule has 4 heteroatoms. The highest BCUT2D eigenvalue weighted by Crippen LogP contribution is 2.30. The molecular weight excluding hydrogens is 182 g/mol. The number of phenols is 1. The number of hydrogen-bond donors (Lipinski definition) is 3. The highest BCUT2D eigenvalue weighted by atomic mass is 16.5. The van der Waals surface area contributed by atoms with Crippen LogP contribution >= 0.6 is 0 Å². The number of methoxy groups -OCH3 is 1. The van der Waals surface area contributed by atoms with E-state index in [-0.39, 0.29) is 12.4 Å². The van der Waals surface area contributed by atoms with E-state index in [4.69, 9.17) is 15.6 Å². The lowest BCUT2D eigenvalue weighted by molar-refractivity contribution is 0.264. The molecular formula is C10H15NO3. The van der Waals surface area contributed by atoms with Crippen molar-refractivity contribution >= 4 is 0 Å². The maximum Gasteiger partial charge on any atom is 0.123 e. The number of nitrogens with two attached hydrogens (primary N) is 1. The van der Waals surface area contributed by atoms with Crippen molar-refractivity contribution < 1.29 is 14.9 Å². The van der Waals surface area contributed by atoms with Crippen molar-refractivity contribution in [1.29, 1.82) is 0 Å². The summed E-state index contributed by atoms with van der Waals surface area (Å²) in [6.45, 7) is 1.55. The summed E-state index contributed by atoms with van der Waals surface area (Å²) >= 11 is 0. The minimum absolute atomic E-state index is 0.118. The van der Waals surface area contributed by atoms with Gasteiger partial charge in [0.15, 0.2) is 0 Å². The normalized spacial score (nSPS) is 12.6. The monoisotopic (exact) mass is 197 g/mol. The summed E-state index contributed by atoms with van der Waals surface area (Å²) in [6.07, 6.45) is 0. The van der Waals surface area contributed by atoms with Gasteiger partial charge in [-0.3, -0.25) is 0 Å². The van der Waals surface area contributed by atoms with Gasteiger partial charge in [0.05, 0.1) is 19.8 Å². The standard InChI is InChI=1S/C10H15NO3/c1-6-3-7(14-2)4-8(10(6)13)9(11)5-12/h3-4,9,12-13H,5,11H2,1-2H3/t9-/m1/s1. The molecule has 0 aliphatic rings. The highest BCUT2D eigenvalue weighted by molar-refractivity contribution is 5.47. The Morgan fingerprint density at radius 1 is 1.50 bits per heavy atom. The number of aliphatic hydroxyl groups excluding tert-OH is 1. The van der Waals surface area contributed by atoms with E-state index in [0.717, 1.165) is 0 Å². The molecule has 1 rings (SSSR count). The zero-order valence-corrected chi connectivity index (χ0v) is 8.32. The lowest BCUT2D eigenvalue weighted by atomic mass is 10.0. The van der Waals surface area contributed by atoms with Gasteiger partial charge in [-0.2, -0.15) is 0 Å². The Hall–Kier alpha value is -1.26. The molecule has 78 valence electrons. The molecule has 0 fully saturated rings. The van der Waals surface area contributed by atoms with Crippen LogP contribution < -0.4 is 10.5 Å². The topological polar surface area (TPSA) is 75.7 Å². The van der Waals surface area contributed by atoms with Crippen LogP contribution in [0.5, 0.6) is 11.5 Å². The van der Waals surface area contributed by atoms with Gasteiger partial charge < -0.3 is 20.7 Å². The molecule has 14 heavy (non-hydrogen) atoms. The third kappa shape index (κ3) is 1.97. The number of aromatic hydroxyl groups is 1. The molecule has 4 nitrogen and oxygen atoms in total. The van der Waals surface area contributed by atoms with Crippen LogP contribution in [0.3, 0.4) is 0 Å². The molecule has 0 aliphatic heterocycles.